The minimum atomic E-state index is -0.955. The van der Waals surface area contributed by atoms with Crippen molar-refractivity contribution in [1.82, 2.24) is 4.98 Å². The van der Waals surface area contributed by atoms with Gasteiger partial charge in [0, 0.05) is 12.0 Å². The molecule has 1 fully saturated rings. The molecule has 1 aliphatic heterocycles. The summed E-state index contributed by atoms with van der Waals surface area (Å²) in [5.41, 5.74) is -0.462. The second kappa shape index (κ2) is 4.51. The van der Waals surface area contributed by atoms with E-state index < -0.39 is 11.4 Å². The predicted molar refractivity (Wildman–Crippen MR) is 70.2 cm³/mol. The van der Waals surface area contributed by atoms with Crippen LogP contribution in [0.2, 0.25) is 0 Å². The highest BCUT2D eigenvalue weighted by atomic mass is 32.1. The Morgan fingerprint density at radius 2 is 2.39 bits per heavy atom. The van der Waals surface area contributed by atoms with E-state index in [1.165, 1.54) is 11.3 Å². The predicted octanol–water partition coefficient (Wildman–Crippen LogP) is 2.10. The molecule has 2 rings (SSSR count). The molecule has 0 aliphatic carbocycles. The number of carboxylic acid groups (broad SMARTS) is 1. The molecule has 0 radical (unpaired) electrons. The number of carboxylic acids is 1. The minimum Gasteiger partial charge on any atom is -0.481 e. The Bertz CT molecular complexity index is 450. The van der Waals surface area contributed by atoms with Gasteiger partial charge in [0.2, 0.25) is 0 Å². The van der Waals surface area contributed by atoms with E-state index in [-0.39, 0.29) is 5.54 Å². The molecule has 18 heavy (non-hydrogen) atoms. The summed E-state index contributed by atoms with van der Waals surface area (Å²) in [7, 11) is 0. The SMILES string of the molecule is CC1(Nc2nc(C(C)(C)C(=O)O)cs2)CCOC1. The van der Waals surface area contributed by atoms with Gasteiger partial charge in [-0.15, -0.1) is 11.3 Å². The maximum atomic E-state index is 11.2. The Kier molecular flexibility index (Phi) is 3.33. The molecule has 6 heteroatoms. The van der Waals surface area contributed by atoms with Gasteiger partial charge in [-0.25, -0.2) is 4.98 Å². The van der Waals surface area contributed by atoms with Crippen LogP contribution in [0.15, 0.2) is 5.38 Å². The lowest BCUT2D eigenvalue weighted by Crippen LogP contribution is -2.35. The standard InChI is InChI=1S/C12H18N2O3S/c1-11(2,9(15)16)8-6-18-10(13-8)14-12(3)4-5-17-7-12/h6H,4-5,7H2,1-3H3,(H,13,14)(H,15,16). The first kappa shape index (κ1) is 13.3. The number of ether oxygens (including phenoxy) is 1. The summed E-state index contributed by atoms with van der Waals surface area (Å²) in [6.07, 6.45) is 0.935. The van der Waals surface area contributed by atoms with Crippen molar-refractivity contribution in [2.24, 2.45) is 0 Å². The number of hydrogen-bond donors (Lipinski definition) is 2. The lowest BCUT2D eigenvalue weighted by molar-refractivity contribution is -0.142. The van der Waals surface area contributed by atoms with Crippen LogP contribution in [0.25, 0.3) is 0 Å². The van der Waals surface area contributed by atoms with Crippen LogP contribution in [-0.2, 0) is 14.9 Å². The summed E-state index contributed by atoms with van der Waals surface area (Å²) >= 11 is 1.44. The highest BCUT2D eigenvalue weighted by molar-refractivity contribution is 7.13. The zero-order chi connectivity index (χ0) is 13.4. The van der Waals surface area contributed by atoms with E-state index in [4.69, 9.17) is 9.84 Å². The Hall–Kier alpha value is -1.14. The Morgan fingerprint density at radius 3 is 2.94 bits per heavy atom. The number of anilines is 1. The number of carbonyl (C=O) groups is 1. The van der Waals surface area contributed by atoms with Gasteiger partial charge in [0.15, 0.2) is 5.13 Å². The quantitative estimate of drug-likeness (QED) is 0.876. The summed E-state index contributed by atoms with van der Waals surface area (Å²) in [5, 5.41) is 15.1. The van der Waals surface area contributed by atoms with Crippen LogP contribution >= 0.6 is 11.3 Å². The third-order valence-corrected chi connectivity index (χ3v) is 4.06. The van der Waals surface area contributed by atoms with Crippen molar-refractivity contribution in [3.8, 4) is 0 Å². The van der Waals surface area contributed by atoms with E-state index >= 15 is 0 Å². The molecule has 2 heterocycles. The smallest absolute Gasteiger partial charge is 0.315 e. The first-order valence-electron chi connectivity index (χ1n) is 5.89. The molecular weight excluding hydrogens is 252 g/mol. The molecule has 0 amide bonds. The molecule has 100 valence electrons. The average Bonchev–Trinajstić information content (AvgIpc) is 2.88. The molecule has 1 aliphatic rings. The van der Waals surface area contributed by atoms with E-state index in [1.807, 2.05) is 0 Å². The maximum Gasteiger partial charge on any atom is 0.315 e. The van der Waals surface area contributed by atoms with Crippen LogP contribution in [-0.4, -0.2) is 34.8 Å². The van der Waals surface area contributed by atoms with Crippen LogP contribution in [0.3, 0.4) is 0 Å². The van der Waals surface area contributed by atoms with Gasteiger partial charge in [0.05, 0.1) is 17.8 Å². The van der Waals surface area contributed by atoms with Gasteiger partial charge in [-0.05, 0) is 27.2 Å². The fourth-order valence-corrected chi connectivity index (χ4v) is 2.78. The number of aliphatic carboxylic acids is 1. The monoisotopic (exact) mass is 270 g/mol. The number of nitrogens with zero attached hydrogens (tertiary/aromatic N) is 1. The van der Waals surface area contributed by atoms with E-state index in [0.717, 1.165) is 18.2 Å². The molecule has 1 saturated heterocycles. The Morgan fingerprint density at radius 1 is 1.67 bits per heavy atom. The van der Waals surface area contributed by atoms with Gasteiger partial charge < -0.3 is 15.2 Å². The topological polar surface area (TPSA) is 71.5 Å². The number of hydrogen-bond acceptors (Lipinski definition) is 5. The molecule has 1 atom stereocenters. The molecule has 1 aromatic heterocycles. The molecule has 1 unspecified atom stereocenters. The van der Waals surface area contributed by atoms with Gasteiger partial charge >= 0.3 is 5.97 Å². The van der Waals surface area contributed by atoms with Crippen LogP contribution in [0.4, 0.5) is 5.13 Å². The molecule has 0 aromatic carbocycles. The van der Waals surface area contributed by atoms with E-state index in [0.29, 0.717) is 12.3 Å². The summed E-state index contributed by atoms with van der Waals surface area (Å²) < 4.78 is 5.36. The van der Waals surface area contributed by atoms with E-state index in [9.17, 15) is 4.79 Å². The zero-order valence-corrected chi connectivity index (χ0v) is 11.6. The van der Waals surface area contributed by atoms with Crippen molar-refractivity contribution in [2.75, 3.05) is 18.5 Å². The van der Waals surface area contributed by atoms with Crippen molar-refractivity contribution >= 4 is 22.4 Å². The van der Waals surface area contributed by atoms with Gasteiger partial charge in [0.25, 0.3) is 0 Å². The molecule has 2 N–H and O–H groups in total. The number of aromatic nitrogens is 1. The fraction of sp³-hybridized carbons (Fsp3) is 0.667. The summed E-state index contributed by atoms with van der Waals surface area (Å²) in [6.45, 7) is 6.82. The lowest BCUT2D eigenvalue weighted by atomic mass is 9.90. The summed E-state index contributed by atoms with van der Waals surface area (Å²) in [6, 6.07) is 0. The van der Waals surface area contributed by atoms with E-state index in [1.54, 1.807) is 19.2 Å². The van der Waals surface area contributed by atoms with Crippen LogP contribution in [0.1, 0.15) is 32.9 Å². The Labute approximate surface area is 110 Å². The molecule has 0 saturated carbocycles. The second-order valence-electron chi connectivity index (χ2n) is 5.46. The summed E-state index contributed by atoms with van der Waals surface area (Å²) in [5.74, 6) is -0.866. The second-order valence-corrected chi connectivity index (χ2v) is 6.31. The maximum absolute atomic E-state index is 11.2. The zero-order valence-electron chi connectivity index (χ0n) is 10.8. The van der Waals surface area contributed by atoms with Crippen LogP contribution < -0.4 is 5.32 Å². The highest BCUT2D eigenvalue weighted by Crippen LogP contribution is 2.30. The number of nitrogens with one attached hydrogen (secondary N) is 1. The van der Waals surface area contributed by atoms with Crippen LogP contribution in [0, 0.1) is 0 Å². The highest BCUT2D eigenvalue weighted by Gasteiger charge is 2.34. The van der Waals surface area contributed by atoms with Gasteiger partial charge in [-0.2, -0.15) is 0 Å². The number of rotatable bonds is 4. The van der Waals surface area contributed by atoms with E-state index in [2.05, 4.69) is 17.2 Å². The van der Waals surface area contributed by atoms with Crippen molar-refractivity contribution in [2.45, 2.75) is 38.1 Å². The lowest BCUT2D eigenvalue weighted by Gasteiger charge is -2.23. The van der Waals surface area contributed by atoms with Gasteiger partial charge in [0.1, 0.15) is 5.41 Å². The van der Waals surface area contributed by atoms with Crippen molar-refractivity contribution in [3.63, 3.8) is 0 Å². The fourth-order valence-electron chi connectivity index (χ4n) is 1.75. The first-order valence-corrected chi connectivity index (χ1v) is 6.77. The third-order valence-electron chi connectivity index (χ3n) is 3.31. The molecule has 0 spiro atoms. The summed E-state index contributed by atoms with van der Waals surface area (Å²) in [4.78, 5) is 15.5. The normalized spacial score (nSPS) is 24.2. The van der Waals surface area contributed by atoms with Gasteiger partial charge in [-0.3, -0.25) is 4.79 Å². The molecule has 1 aromatic rings. The third kappa shape index (κ3) is 2.49. The Balaban J connectivity index is 2.13. The molecule has 5 nitrogen and oxygen atoms in total. The average molecular weight is 270 g/mol. The minimum absolute atomic E-state index is 0.0948. The van der Waals surface area contributed by atoms with Crippen molar-refractivity contribution in [3.05, 3.63) is 11.1 Å². The number of thiazole rings is 1. The molecule has 0 bridgehead atoms. The molecular formula is C12H18N2O3S. The largest absolute Gasteiger partial charge is 0.481 e. The van der Waals surface area contributed by atoms with Crippen molar-refractivity contribution in [1.29, 1.82) is 0 Å². The van der Waals surface area contributed by atoms with Gasteiger partial charge in [-0.1, -0.05) is 0 Å². The van der Waals surface area contributed by atoms with Crippen LogP contribution in [0.5, 0.6) is 0 Å². The van der Waals surface area contributed by atoms with Crippen molar-refractivity contribution < 1.29 is 14.6 Å². The first-order chi connectivity index (χ1) is 8.33.